The molecule has 0 unspecified atom stereocenters. The van der Waals surface area contributed by atoms with Gasteiger partial charge in [-0.05, 0) is 30.3 Å². The van der Waals surface area contributed by atoms with Crippen LogP contribution >= 0.6 is 0 Å². The number of anilines is 2. The van der Waals surface area contributed by atoms with E-state index in [1.54, 1.807) is 32.5 Å². The van der Waals surface area contributed by atoms with Gasteiger partial charge in [0.15, 0.2) is 0 Å². The number of fused-ring (bicyclic) bond motifs is 1. The number of hydrogen-bond donors (Lipinski definition) is 3. The summed E-state index contributed by atoms with van der Waals surface area (Å²) in [4.78, 5) is 23.0. The molecule has 2 aromatic heterocycles. The van der Waals surface area contributed by atoms with E-state index in [9.17, 15) is 4.79 Å². The largest absolute Gasteiger partial charge is 0.497 e. The first kappa shape index (κ1) is 20.0. The van der Waals surface area contributed by atoms with Gasteiger partial charge in [-0.1, -0.05) is 0 Å². The van der Waals surface area contributed by atoms with Crippen molar-refractivity contribution >= 4 is 28.6 Å². The second-order valence-corrected chi connectivity index (χ2v) is 6.68. The normalized spacial score (nSPS) is 10.6. The van der Waals surface area contributed by atoms with Gasteiger partial charge in [-0.25, -0.2) is 4.98 Å². The number of hydrogen-bond acceptors (Lipinski definition) is 7. The zero-order valence-electron chi connectivity index (χ0n) is 17.0. The number of methoxy groups -OCH3 is 2. The Morgan fingerprint density at radius 2 is 1.84 bits per heavy atom. The highest BCUT2D eigenvalue weighted by Crippen LogP contribution is 2.32. The van der Waals surface area contributed by atoms with Crippen LogP contribution in [0.5, 0.6) is 23.0 Å². The maximum Gasteiger partial charge on any atom is 0.223 e. The number of nitrogens with zero attached hydrogens (tertiary/aromatic N) is 2. The van der Waals surface area contributed by atoms with Gasteiger partial charge in [0.2, 0.25) is 11.9 Å². The van der Waals surface area contributed by atoms with Gasteiger partial charge < -0.3 is 30.2 Å². The van der Waals surface area contributed by atoms with Gasteiger partial charge in [0, 0.05) is 24.4 Å². The first-order chi connectivity index (χ1) is 15.0. The van der Waals surface area contributed by atoms with Crippen molar-refractivity contribution in [1.82, 2.24) is 15.0 Å². The number of carbonyl (C=O) groups excluding carboxylic acids is 1. The number of rotatable bonds is 8. The van der Waals surface area contributed by atoms with E-state index >= 15 is 0 Å². The zero-order chi connectivity index (χ0) is 21.8. The third-order valence-electron chi connectivity index (χ3n) is 4.49. The molecule has 4 rings (SSSR count). The Balaban J connectivity index is 1.56. The topological polar surface area (TPSA) is 124 Å². The van der Waals surface area contributed by atoms with Gasteiger partial charge in [-0.2, -0.15) is 0 Å². The van der Waals surface area contributed by atoms with Crippen LogP contribution in [0.3, 0.4) is 0 Å². The number of benzene rings is 2. The number of aromatic nitrogens is 3. The maximum absolute atomic E-state index is 11.1. The number of ether oxygens (including phenoxy) is 3. The van der Waals surface area contributed by atoms with Gasteiger partial charge in [0.05, 0.1) is 43.1 Å². The second-order valence-electron chi connectivity index (χ2n) is 6.68. The van der Waals surface area contributed by atoms with Crippen LogP contribution in [0.4, 0.5) is 11.6 Å². The summed E-state index contributed by atoms with van der Waals surface area (Å²) < 4.78 is 16.6. The van der Waals surface area contributed by atoms with Crippen molar-refractivity contribution in [2.45, 2.75) is 6.42 Å². The molecule has 2 heterocycles. The lowest BCUT2D eigenvalue weighted by Crippen LogP contribution is -2.14. The Hall–Kier alpha value is -4.27. The molecule has 0 radical (unpaired) electrons. The number of imidazole rings is 1. The van der Waals surface area contributed by atoms with Gasteiger partial charge in [0.25, 0.3) is 0 Å². The fourth-order valence-electron chi connectivity index (χ4n) is 3.08. The van der Waals surface area contributed by atoms with E-state index < -0.39 is 5.91 Å². The number of primary amides is 1. The SMILES string of the molecule is COc1ccc(OC)c(Nc2nc3ccc(Oc4ccnc(CC(N)=O)c4)cc3[nH]2)c1. The Morgan fingerprint density at radius 1 is 1.03 bits per heavy atom. The van der Waals surface area contributed by atoms with Crippen molar-refractivity contribution in [3.63, 3.8) is 0 Å². The molecule has 4 N–H and O–H groups in total. The minimum Gasteiger partial charge on any atom is -0.497 e. The Bertz CT molecular complexity index is 1240. The van der Waals surface area contributed by atoms with Crippen molar-refractivity contribution in [3.8, 4) is 23.0 Å². The molecule has 0 aliphatic carbocycles. The first-order valence-corrected chi connectivity index (χ1v) is 9.44. The van der Waals surface area contributed by atoms with E-state index in [2.05, 4.69) is 20.3 Å². The van der Waals surface area contributed by atoms with Crippen molar-refractivity contribution in [2.24, 2.45) is 5.73 Å². The molecule has 0 fully saturated rings. The van der Waals surface area contributed by atoms with Crippen LogP contribution in [0.2, 0.25) is 0 Å². The van der Waals surface area contributed by atoms with Crippen LogP contribution in [-0.4, -0.2) is 35.1 Å². The molecule has 2 aromatic carbocycles. The molecule has 4 aromatic rings. The molecule has 0 saturated heterocycles. The van der Waals surface area contributed by atoms with Gasteiger partial charge in [0.1, 0.15) is 23.0 Å². The van der Waals surface area contributed by atoms with Crippen molar-refractivity contribution in [3.05, 3.63) is 60.4 Å². The lowest BCUT2D eigenvalue weighted by molar-refractivity contribution is -0.117. The first-order valence-electron chi connectivity index (χ1n) is 9.44. The van der Waals surface area contributed by atoms with Crippen molar-refractivity contribution in [1.29, 1.82) is 0 Å². The van der Waals surface area contributed by atoms with Gasteiger partial charge >= 0.3 is 0 Å². The molecule has 0 spiro atoms. The highest BCUT2D eigenvalue weighted by molar-refractivity contribution is 5.80. The molecule has 1 amide bonds. The predicted molar refractivity (Wildman–Crippen MR) is 116 cm³/mol. The van der Waals surface area contributed by atoms with Crippen LogP contribution in [0, 0.1) is 0 Å². The number of amides is 1. The molecule has 9 heteroatoms. The van der Waals surface area contributed by atoms with Crippen LogP contribution in [0.1, 0.15) is 5.69 Å². The summed E-state index contributed by atoms with van der Waals surface area (Å²) in [6, 6.07) is 14.4. The number of pyridine rings is 1. The molecule has 31 heavy (non-hydrogen) atoms. The van der Waals surface area contributed by atoms with Gasteiger partial charge in [-0.3, -0.25) is 9.78 Å². The van der Waals surface area contributed by atoms with E-state index in [4.69, 9.17) is 19.9 Å². The van der Waals surface area contributed by atoms with Crippen molar-refractivity contribution in [2.75, 3.05) is 19.5 Å². The molecule has 0 saturated carbocycles. The highest BCUT2D eigenvalue weighted by Gasteiger charge is 2.10. The molecule has 0 aliphatic heterocycles. The molecule has 9 nitrogen and oxygen atoms in total. The monoisotopic (exact) mass is 419 g/mol. The Morgan fingerprint density at radius 3 is 2.61 bits per heavy atom. The third-order valence-corrected chi connectivity index (χ3v) is 4.49. The summed E-state index contributed by atoms with van der Waals surface area (Å²) in [5, 5.41) is 3.22. The van der Waals surface area contributed by atoms with E-state index in [-0.39, 0.29) is 6.42 Å². The van der Waals surface area contributed by atoms with E-state index in [1.807, 2.05) is 36.4 Å². The summed E-state index contributed by atoms with van der Waals surface area (Å²) in [7, 11) is 3.21. The highest BCUT2D eigenvalue weighted by atomic mass is 16.5. The average molecular weight is 419 g/mol. The number of nitrogens with two attached hydrogens (primary N) is 1. The molecule has 0 bridgehead atoms. The lowest BCUT2D eigenvalue weighted by atomic mass is 10.2. The molecular weight excluding hydrogens is 398 g/mol. The van der Waals surface area contributed by atoms with Gasteiger partial charge in [-0.15, -0.1) is 0 Å². The van der Waals surface area contributed by atoms with Crippen LogP contribution < -0.4 is 25.3 Å². The summed E-state index contributed by atoms with van der Waals surface area (Å²) in [6.45, 7) is 0. The number of aromatic amines is 1. The standard InChI is InChI=1S/C22H21N5O4/c1-29-14-4-6-20(30-2)19(11-14)27-22-25-17-5-3-15(12-18(17)26-22)31-16-7-8-24-13(9-16)10-21(23)28/h3-9,11-12H,10H2,1-2H3,(H2,23,28)(H2,25,26,27). The van der Waals surface area contributed by atoms with Crippen LogP contribution in [0.25, 0.3) is 11.0 Å². The number of nitrogens with one attached hydrogen (secondary N) is 2. The minimum atomic E-state index is -0.448. The average Bonchev–Trinajstić information content (AvgIpc) is 3.15. The van der Waals surface area contributed by atoms with E-state index in [1.165, 1.54) is 0 Å². The van der Waals surface area contributed by atoms with Crippen molar-refractivity contribution < 1.29 is 19.0 Å². The summed E-state index contributed by atoms with van der Waals surface area (Å²) in [5.41, 5.74) is 8.05. The summed E-state index contributed by atoms with van der Waals surface area (Å²) in [5.74, 6) is 2.63. The molecule has 0 aliphatic rings. The van der Waals surface area contributed by atoms with Crippen LogP contribution in [-0.2, 0) is 11.2 Å². The summed E-state index contributed by atoms with van der Waals surface area (Å²) >= 11 is 0. The summed E-state index contributed by atoms with van der Waals surface area (Å²) in [6.07, 6.45) is 1.63. The Labute approximate surface area is 178 Å². The fraction of sp³-hybridized carbons (Fsp3) is 0.136. The van der Waals surface area contributed by atoms with E-state index in [0.29, 0.717) is 34.6 Å². The molecule has 158 valence electrons. The minimum absolute atomic E-state index is 0.0551. The quantitative estimate of drug-likeness (QED) is 0.399. The second kappa shape index (κ2) is 8.62. The smallest absolute Gasteiger partial charge is 0.223 e. The molecular formula is C22H21N5O4. The lowest BCUT2D eigenvalue weighted by Gasteiger charge is -2.10. The fourth-order valence-corrected chi connectivity index (χ4v) is 3.08. The Kier molecular flexibility index (Phi) is 5.57. The molecule has 0 atom stereocenters. The third kappa shape index (κ3) is 4.67. The zero-order valence-corrected chi connectivity index (χ0v) is 17.0. The predicted octanol–water partition coefficient (Wildman–Crippen LogP) is 3.54. The van der Waals surface area contributed by atoms with E-state index in [0.717, 1.165) is 16.7 Å². The number of H-pyrrole nitrogens is 1. The maximum atomic E-state index is 11.1. The number of carbonyl (C=O) groups is 1. The van der Waals surface area contributed by atoms with Crippen LogP contribution in [0.15, 0.2) is 54.7 Å².